The van der Waals surface area contributed by atoms with Crippen molar-refractivity contribution in [3.05, 3.63) is 59.4 Å². The summed E-state index contributed by atoms with van der Waals surface area (Å²) in [5.41, 5.74) is 4.39. The molecule has 1 aliphatic rings. The van der Waals surface area contributed by atoms with Gasteiger partial charge in [-0.1, -0.05) is 12.1 Å². The third kappa shape index (κ3) is 4.23. The molecule has 1 saturated heterocycles. The van der Waals surface area contributed by atoms with E-state index in [0.717, 1.165) is 46.3 Å². The average molecular weight is 494 g/mol. The first-order valence-electron chi connectivity index (χ1n) is 11.6. The van der Waals surface area contributed by atoms with Crippen LogP contribution in [0.25, 0.3) is 16.6 Å². The van der Waals surface area contributed by atoms with Crippen molar-refractivity contribution in [3.63, 3.8) is 0 Å². The summed E-state index contributed by atoms with van der Waals surface area (Å²) in [7, 11) is -3.66. The molecule has 182 valence electrons. The molecule has 10 heteroatoms. The van der Waals surface area contributed by atoms with Crippen LogP contribution in [0.1, 0.15) is 36.2 Å². The van der Waals surface area contributed by atoms with Crippen molar-refractivity contribution < 1.29 is 18.3 Å². The minimum Gasteiger partial charge on any atom is -0.506 e. The van der Waals surface area contributed by atoms with Crippen molar-refractivity contribution >= 4 is 38.2 Å². The highest BCUT2D eigenvalue weighted by Crippen LogP contribution is 2.30. The van der Waals surface area contributed by atoms with E-state index in [9.17, 15) is 18.3 Å². The van der Waals surface area contributed by atoms with Gasteiger partial charge in [-0.25, -0.2) is 17.9 Å². The number of rotatable bonds is 6. The first-order chi connectivity index (χ1) is 16.8. The van der Waals surface area contributed by atoms with Crippen LogP contribution in [-0.2, 0) is 21.2 Å². The van der Waals surface area contributed by atoms with E-state index in [4.69, 9.17) is 4.98 Å². The van der Waals surface area contributed by atoms with Crippen molar-refractivity contribution in [1.82, 2.24) is 18.9 Å². The number of carbonyl (C=O) groups is 1. The predicted molar refractivity (Wildman–Crippen MR) is 133 cm³/mol. The Balaban J connectivity index is 1.34. The summed E-state index contributed by atoms with van der Waals surface area (Å²) >= 11 is 0. The predicted octanol–water partition coefficient (Wildman–Crippen LogP) is 3.56. The standard InChI is InChI=1S/C25H27N5O4S/c1-16-19(17(2)30-25(26-16)20-7-3-4-8-21(20)28-30)10-12-24(32)27-22-15-18(9-11-23(22)31)35(33,34)29-13-5-6-14-29/h3-4,7-9,11,15,31H,5-6,10,12-14H2,1-2H3,(H,27,32). The smallest absolute Gasteiger partial charge is 0.243 e. The van der Waals surface area contributed by atoms with E-state index in [1.165, 1.54) is 22.5 Å². The molecule has 1 amide bonds. The molecule has 9 nitrogen and oxygen atoms in total. The first-order valence-corrected chi connectivity index (χ1v) is 13.1. The molecule has 2 N–H and O–H groups in total. The fourth-order valence-corrected chi connectivity index (χ4v) is 6.19. The number of sulfonamides is 1. The van der Waals surface area contributed by atoms with Gasteiger partial charge < -0.3 is 10.4 Å². The van der Waals surface area contributed by atoms with Gasteiger partial charge in [0.15, 0.2) is 5.65 Å². The number of fused-ring (bicyclic) bond motifs is 3. The van der Waals surface area contributed by atoms with E-state index >= 15 is 0 Å². The Morgan fingerprint density at radius 3 is 2.63 bits per heavy atom. The molecule has 0 radical (unpaired) electrons. The number of phenols is 1. The molecule has 1 fully saturated rings. The number of phenolic OH excluding ortho intramolecular Hbond substituents is 1. The van der Waals surface area contributed by atoms with E-state index in [1.807, 2.05) is 42.6 Å². The van der Waals surface area contributed by atoms with Gasteiger partial charge >= 0.3 is 0 Å². The molecule has 2 aromatic carbocycles. The Kier molecular flexibility index (Phi) is 5.94. The number of hydrogen-bond acceptors (Lipinski definition) is 6. The largest absolute Gasteiger partial charge is 0.506 e. The maximum absolute atomic E-state index is 12.9. The first kappa shape index (κ1) is 23.3. The van der Waals surface area contributed by atoms with Crippen molar-refractivity contribution in [2.75, 3.05) is 18.4 Å². The minimum atomic E-state index is -3.66. The highest BCUT2D eigenvalue weighted by Gasteiger charge is 2.28. The maximum atomic E-state index is 12.9. The Morgan fingerprint density at radius 1 is 1.11 bits per heavy atom. The number of benzene rings is 2. The van der Waals surface area contributed by atoms with Gasteiger partial charge in [-0.2, -0.15) is 9.40 Å². The van der Waals surface area contributed by atoms with Gasteiger partial charge in [-0.3, -0.25) is 4.79 Å². The Hall–Kier alpha value is -3.50. The maximum Gasteiger partial charge on any atom is 0.243 e. The highest BCUT2D eigenvalue weighted by molar-refractivity contribution is 7.89. The van der Waals surface area contributed by atoms with Crippen LogP contribution in [0.5, 0.6) is 5.75 Å². The number of nitrogens with one attached hydrogen (secondary N) is 1. The highest BCUT2D eigenvalue weighted by atomic mass is 32.2. The van der Waals surface area contributed by atoms with Crippen LogP contribution >= 0.6 is 0 Å². The second kappa shape index (κ2) is 8.94. The van der Waals surface area contributed by atoms with Crippen LogP contribution in [0.4, 0.5) is 5.69 Å². The molecule has 3 heterocycles. The molecule has 0 saturated carbocycles. The van der Waals surface area contributed by atoms with Crippen LogP contribution in [0.15, 0.2) is 47.4 Å². The second-order valence-electron chi connectivity index (χ2n) is 8.85. The molecular formula is C25H27N5O4S. The van der Waals surface area contributed by atoms with Gasteiger partial charge in [0.2, 0.25) is 15.9 Å². The molecule has 0 atom stereocenters. The zero-order valence-corrected chi connectivity index (χ0v) is 20.5. The molecule has 1 aliphatic heterocycles. The lowest BCUT2D eigenvalue weighted by molar-refractivity contribution is -0.116. The second-order valence-corrected chi connectivity index (χ2v) is 10.8. The fourth-order valence-electron chi connectivity index (χ4n) is 4.64. The van der Waals surface area contributed by atoms with Crippen molar-refractivity contribution in [2.24, 2.45) is 0 Å². The Morgan fingerprint density at radius 2 is 1.86 bits per heavy atom. The lowest BCUT2D eigenvalue weighted by Gasteiger charge is -2.17. The van der Waals surface area contributed by atoms with Gasteiger partial charge in [-0.15, -0.1) is 0 Å². The lowest BCUT2D eigenvalue weighted by atomic mass is 10.1. The molecule has 35 heavy (non-hydrogen) atoms. The van der Waals surface area contributed by atoms with Crippen LogP contribution in [0, 0.1) is 13.8 Å². The lowest BCUT2D eigenvalue weighted by Crippen LogP contribution is -2.28. The summed E-state index contributed by atoms with van der Waals surface area (Å²) in [5.74, 6) is -0.516. The molecule has 0 spiro atoms. The van der Waals surface area contributed by atoms with Gasteiger partial charge in [0.1, 0.15) is 5.75 Å². The fraction of sp³-hybridized carbons (Fsp3) is 0.320. The number of aromatic nitrogens is 3. The van der Waals surface area contributed by atoms with Gasteiger partial charge in [-0.05, 0) is 69.0 Å². The topological polar surface area (TPSA) is 117 Å². The molecule has 0 bridgehead atoms. The molecule has 4 aromatic rings. The summed E-state index contributed by atoms with van der Waals surface area (Å²) in [5, 5.41) is 18.5. The summed E-state index contributed by atoms with van der Waals surface area (Å²) in [6.45, 7) is 4.83. The van der Waals surface area contributed by atoms with Crippen LogP contribution in [0.2, 0.25) is 0 Å². The summed E-state index contributed by atoms with van der Waals surface area (Å²) in [4.78, 5) is 17.5. The number of aromatic hydroxyl groups is 1. The molecule has 2 aromatic heterocycles. The monoisotopic (exact) mass is 493 g/mol. The minimum absolute atomic E-state index is 0.0552. The summed E-state index contributed by atoms with van der Waals surface area (Å²) < 4.78 is 29.0. The van der Waals surface area contributed by atoms with E-state index in [1.54, 1.807) is 0 Å². The number of anilines is 1. The van der Waals surface area contributed by atoms with Crippen molar-refractivity contribution in [2.45, 2.75) is 44.4 Å². The summed E-state index contributed by atoms with van der Waals surface area (Å²) in [6, 6.07) is 11.8. The number of amides is 1. The normalized spacial score (nSPS) is 14.7. The Labute approximate surface area is 203 Å². The number of aryl methyl sites for hydroxylation is 2. The van der Waals surface area contributed by atoms with E-state index in [-0.39, 0.29) is 28.7 Å². The zero-order valence-electron chi connectivity index (χ0n) is 19.7. The third-order valence-corrected chi connectivity index (χ3v) is 8.46. The number of carbonyl (C=O) groups excluding carboxylic acids is 1. The third-order valence-electron chi connectivity index (χ3n) is 6.57. The molecule has 0 unspecified atom stereocenters. The van der Waals surface area contributed by atoms with E-state index in [2.05, 4.69) is 10.4 Å². The van der Waals surface area contributed by atoms with Gasteiger partial charge in [0.05, 0.1) is 16.1 Å². The van der Waals surface area contributed by atoms with E-state index < -0.39 is 10.0 Å². The molecule has 5 rings (SSSR count). The van der Waals surface area contributed by atoms with Crippen molar-refractivity contribution in [3.8, 4) is 5.75 Å². The van der Waals surface area contributed by atoms with Crippen LogP contribution in [0.3, 0.4) is 0 Å². The number of nitrogens with zero attached hydrogens (tertiary/aromatic N) is 4. The van der Waals surface area contributed by atoms with Crippen LogP contribution in [-0.4, -0.2) is 51.4 Å². The summed E-state index contributed by atoms with van der Waals surface area (Å²) in [6.07, 6.45) is 2.22. The Bertz CT molecular complexity index is 1560. The molecule has 0 aliphatic carbocycles. The zero-order chi connectivity index (χ0) is 24.7. The molecular weight excluding hydrogens is 466 g/mol. The number of hydrogen-bond donors (Lipinski definition) is 2. The average Bonchev–Trinajstić information content (AvgIpc) is 3.49. The van der Waals surface area contributed by atoms with Crippen LogP contribution < -0.4 is 5.32 Å². The quantitative estimate of drug-likeness (QED) is 0.397. The van der Waals surface area contributed by atoms with Crippen molar-refractivity contribution in [1.29, 1.82) is 0 Å². The van der Waals surface area contributed by atoms with Gasteiger partial charge in [0, 0.05) is 36.3 Å². The van der Waals surface area contributed by atoms with Gasteiger partial charge in [0.25, 0.3) is 0 Å². The SMILES string of the molecule is Cc1nc2c3ccccc3nn2c(C)c1CCC(=O)Nc1cc(S(=O)(=O)N2CCCC2)ccc1O. The van der Waals surface area contributed by atoms with E-state index in [0.29, 0.717) is 19.5 Å².